The van der Waals surface area contributed by atoms with E-state index in [-0.39, 0.29) is 39.3 Å². The number of hydrogen-bond donors (Lipinski definition) is 2. The number of halogens is 3. The lowest BCUT2D eigenvalue weighted by atomic mass is 9.80. The zero-order chi connectivity index (χ0) is 36.4. The number of carboxylic acids is 1. The van der Waals surface area contributed by atoms with Gasteiger partial charge in [-0.1, -0.05) is 95.5 Å². The van der Waals surface area contributed by atoms with Crippen LogP contribution in [0.3, 0.4) is 0 Å². The van der Waals surface area contributed by atoms with Gasteiger partial charge < -0.3 is 30.0 Å². The Morgan fingerprint density at radius 2 is 1.65 bits per heavy atom. The monoisotopic (exact) mass is 768 g/mol. The van der Waals surface area contributed by atoms with E-state index < -0.39 is 41.7 Å². The molecule has 4 aromatic rings. The number of carbonyl (C=O) groups excluding carboxylic acids is 2. The summed E-state index contributed by atoms with van der Waals surface area (Å²) in [4.78, 5) is 42.9. The molecule has 51 heavy (non-hydrogen) atoms. The number of aliphatic carboxylic acids is 1. The summed E-state index contributed by atoms with van der Waals surface area (Å²) >= 11 is 20.5. The van der Waals surface area contributed by atoms with E-state index in [9.17, 15) is 19.5 Å². The number of nitrogens with zero attached hydrogens (tertiary/aromatic N) is 1. The third-order valence-corrected chi connectivity index (χ3v) is 11.0. The number of hydrogen-bond acceptors (Lipinski definition) is 9. The van der Waals surface area contributed by atoms with Crippen molar-refractivity contribution in [3.63, 3.8) is 0 Å². The van der Waals surface area contributed by atoms with Gasteiger partial charge in [0.05, 0.1) is 33.4 Å². The highest BCUT2D eigenvalue weighted by Crippen LogP contribution is 2.49. The topological polar surface area (TPSA) is 128 Å². The number of benzene rings is 4. The number of para-hydroxylation sites is 1. The Labute approximate surface area is 314 Å². The molecule has 266 valence electrons. The molecule has 0 bridgehead atoms. The molecule has 0 saturated carbocycles. The van der Waals surface area contributed by atoms with Gasteiger partial charge in [-0.3, -0.25) is 4.79 Å². The Morgan fingerprint density at radius 1 is 0.961 bits per heavy atom. The molecule has 9 nitrogen and oxygen atoms in total. The summed E-state index contributed by atoms with van der Waals surface area (Å²) in [6.07, 6.45) is 2.14. The molecule has 2 aliphatic rings. The smallest absolute Gasteiger partial charge is 0.360 e. The fraction of sp³-hybridized carbons (Fsp3) is 0.289. The summed E-state index contributed by atoms with van der Waals surface area (Å²) in [5.41, 5.74) is 8.63. The lowest BCUT2D eigenvalue weighted by molar-refractivity contribution is -0.178. The van der Waals surface area contributed by atoms with Crippen LogP contribution in [0.5, 0.6) is 5.75 Å². The van der Waals surface area contributed by atoms with Crippen molar-refractivity contribution in [2.24, 2.45) is 5.73 Å². The molecule has 1 aliphatic heterocycles. The number of carbonyl (C=O) groups is 3. The summed E-state index contributed by atoms with van der Waals surface area (Å²) in [6, 6.07) is 20.7. The van der Waals surface area contributed by atoms with Crippen LogP contribution < -0.4 is 15.4 Å². The van der Waals surface area contributed by atoms with Crippen LogP contribution >= 0.6 is 46.6 Å². The molecule has 13 heteroatoms. The van der Waals surface area contributed by atoms with E-state index in [1.165, 1.54) is 31.0 Å². The van der Waals surface area contributed by atoms with Crippen LogP contribution in [0.1, 0.15) is 35.1 Å². The summed E-state index contributed by atoms with van der Waals surface area (Å²) in [6.45, 7) is 0.256. The number of ether oxygens (including phenoxy) is 3. The van der Waals surface area contributed by atoms with Crippen LogP contribution in [0.4, 0.5) is 5.69 Å². The number of methoxy groups -OCH3 is 1. The van der Waals surface area contributed by atoms with E-state index in [4.69, 9.17) is 54.7 Å². The van der Waals surface area contributed by atoms with Crippen LogP contribution in [0.25, 0.3) is 11.1 Å². The number of carboxylic acid groups (broad SMARTS) is 1. The van der Waals surface area contributed by atoms with Gasteiger partial charge in [-0.05, 0) is 65.3 Å². The molecule has 1 saturated heterocycles. The molecule has 1 fully saturated rings. The molecular formula is C38H35Cl3N2O7S. The minimum absolute atomic E-state index is 0.121. The van der Waals surface area contributed by atoms with Crippen molar-refractivity contribution < 1.29 is 33.7 Å². The minimum atomic E-state index is -2.20. The molecule has 3 N–H and O–H groups in total. The second kappa shape index (κ2) is 15.4. The van der Waals surface area contributed by atoms with Crippen LogP contribution in [0.15, 0.2) is 78.9 Å². The first-order valence-electron chi connectivity index (χ1n) is 16.2. The van der Waals surface area contributed by atoms with E-state index >= 15 is 0 Å². The maximum Gasteiger partial charge on any atom is 0.360 e. The highest BCUT2D eigenvalue weighted by Gasteiger charge is 2.53. The number of rotatable bonds is 12. The molecule has 1 aliphatic carbocycles. The van der Waals surface area contributed by atoms with Gasteiger partial charge >= 0.3 is 17.9 Å². The Bertz CT molecular complexity index is 2000. The molecular weight excluding hydrogens is 735 g/mol. The first-order chi connectivity index (χ1) is 24.5. The van der Waals surface area contributed by atoms with Crippen molar-refractivity contribution in [1.82, 2.24) is 0 Å². The molecule has 2 unspecified atom stereocenters. The van der Waals surface area contributed by atoms with E-state index in [1.807, 2.05) is 36.6 Å². The molecule has 1 heterocycles. The summed E-state index contributed by atoms with van der Waals surface area (Å²) in [7, 11) is 1.22. The van der Waals surface area contributed by atoms with Crippen LogP contribution in [-0.2, 0) is 35.9 Å². The number of nitrogens with two attached hydrogens (primary N) is 1. The van der Waals surface area contributed by atoms with Crippen molar-refractivity contribution in [1.29, 1.82) is 0 Å². The Hall–Kier alpha value is -3.93. The van der Waals surface area contributed by atoms with Gasteiger partial charge in [-0.15, -0.1) is 0 Å². The van der Waals surface area contributed by atoms with Crippen molar-refractivity contribution in [2.45, 2.75) is 43.1 Å². The largest absolute Gasteiger partial charge is 0.487 e. The lowest BCUT2D eigenvalue weighted by Crippen LogP contribution is -2.48. The Morgan fingerprint density at radius 3 is 2.39 bits per heavy atom. The Balaban J connectivity index is 1.51. The average molecular weight is 770 g/mol. The standard InChI is InChI=1S/C38H35Cl3N2O7S/c1-48-37(47)38(50-36(46)29(42)15-17-51-2,25-12-7-9-22-18-21-8-3-4-10-23(21)33(22)25)24-11-5-6-13-31(24)49-32-14-16-43(34(32)35(44)45)30-20-27(40)26(39)19-28(30)41/h3-13,19-20,29,32,34H,14-18,42H2,1-2H3,(H,44,45)/t29-,32?,34-,38?/m0/s1. The number of esters is 2. The van der Waals surface area contributed by atoms with Crippen molar-refractivity contribution in [3.8, 4) is 16.9 Å². The highest BCUT2D eigenvalue weighted by molar-refractivity contribution is 7.98. The highest BCUT2D eigenvalue weighted by atomic mass is 35.5. The molecule has 0 aromatic heterocycles. The quantitative estimate of drug-likeness (QED) is 0.0981. The van der Waals surface area contributed by atoms with Crippen molar-refractivity contribution in [2.75, 3.05) is 30.6 Å². The molecule has 0 radical (unpaired) electrons. The first-order valence-corrected chi connectivity index (χ1v) is 18.7. The van der Waals surface area contributed by atoms with Gasteiger partial charge in [-0.25, -0.2) is 9.59 Å². The van der Waals surface area contributed by atoms with Gasteiger partial charge in [0.2, 0.25) is 0 Å². The van der Waals surface area contributed by atoms with E-state index in [1.54, 1.807) is 41.3 Å². The van der Waals surface area contributed by atoms with Gasteiger partial charge in [0.15, 0.2) is 6.04 Å². The normalized spacial score (nSPS) is 18.0. The predicted molar refractivity (Wildman–Crippen MR) is 200 cm³/mol. The SMILES string of the molecule is COC(=O)C(OC(=O)[C@@H](N)CCSC)(c1ccccc1OC1CCN(c2cc(Cl)c(Cl)cc2Cl)[C@@H]1C(=O)O)c1cccc2c1-c1ccccc1C2. The maximum absolute atomic E-state index is 14.5. The molecule has 0 amide bonds. The zero-order valence-electron chi connectivity index (χ0n) is 27.7. The van der Waals surface area contributed by atoms with Crippen molar-refractivity contribution in [3.05, 3.63) is 116 Å². The lowest BCUT2D eigenvalue weighted by Gasteiger charge is -2.36. The van der Waals surface area contributed by atoms with Gasteiger partial charge in [0, 0.05) is 18.5 Å². The van der Waals surface area contributed by atoms with Crippen LogP contribution in [-0.4, -0.2) is 66.9 Å². The summed E-state index contributed by atoms with van der Waals surface area (Å²) in [5, 5.41) is 11.2. The third-order valence-electron chi connectivity index (χ3n) is 9.30. The van der Waals surface area contributed by atoms with Crippen LogP contribution in [0, 0.1) is 0 Å². The summed E-state index contributed by atoms with van der Waals surface area (Å²) < 4.78 is 18.4. The Kier molecular flexibility index (Phi) is 11.1. The van der Waals surface area contributed by atoms with Gasteiger partial charge in [-0.2, -0.15) is 11.8 Å². The molecule has 4 atom stereocenters. The number of fused-ring (bicyclic) bond motifs is 3. The zero-order valence-corrected chi connectivity index (χ0v) is 30.8. The number of thioether (sulfide) groups is 1. The third kappa shape index (κ3) is 6.88. The van der Waals surface area contributed by atoms with Gasteiger partial charge in [0.25, 0.3) is 5.60 Å². The second-order valence-electron chi connectivity index (χ2n) is 12.3. The molecule has 0 spiro atoms. The van der Waals surface area contributed by atoms with Crippen molar-refractivity contribution >= 4 is 70.2 Å². The van der Waals surface area contributed by atoms with E-state index in [2.05, 4.69) is 0 Å². The number of anilines is 1. The predicted octanol–water partition coefficient (Wildman–Crippen LogP) is 7.37. The van der Waals surface area contributed by atoms with Gasteiger partial charge in [0.1, 0.15) is 17.9 Å². The maximum atomic E-state index is 14.5. The first kappa shape index (κ1) is 36.8. The fourth-order valence-corrected chi connectivity index (χ4v) is 8.08. The van der Waals surface area contributed by atoms with E-state index in [0.29, 0.717) is 29.8 Å². The molecule has 6 rings (SSSR count). The summed E-state index contributed by atoms with van der Waals surface area (Å²) in [5.74, 6) is -2.15. The average Bonchev–Trinajstić information content (AvgIpc) is 3.72. The fourth-order valence-electron chi connectivity index (χ4n) is 6.94. The molecule has 4 aromatic carbocycles. The minimum Gasteiger partial charge on any atom is -0.487 e. The second-order valence-corrected chi connectivity index (χ2v) is 14.5. The van der Waals surface area contributed by atoms with E-state index in [0.717, 1.165) is 22.3 Å². The van der Waals surface area contributed by atoms with Crippen LogP contribution in [0.2, 0.25) is 15.1 Å².